The number of rotatable bonds is 9. The van der Waals surface area contributed by atoms with Crippen LogP contribution in [0.4, 0.5) is 10.7 Å². The molecule has 0 unspecified atom stereocenters. The SMILES string of the molecule is CCOC(=O)c1c(NC(=O)CN(C)S(=O)(=O)c2ccc(NC(C)=O)cc2)sc(C)c1CC. The van der Waals surface area contributed by atoms with Crippen molar-refractivity contribution < 1.29 is 27.5 Å². The van der Waals surface area contributed by atoms with Gasteiger partial charge < -0.3 is 15.4 Å². The zero-order valence-electron chi connectivity index (χ0n) is 18.6. The van der Waals surface area contributed by atoms with E-state index in [1.165, 1.54) is 49.6 Å². The lowest BCUT2D eigenvalue weighted by Crippen LogP contribution is -2.35. The van der Waals surface area contributed by atoms with E-state index in [4.69, 9.17) is 4.74 Å². The molecular weight excluding hydrogens is 454 g/mol. The van der Waals surface area contributed by atoms with Gasteiger partial charge in [-0.1, -0.05) is 6.92 Å². The molecule has 0 spiro atoms. The molecule has 0 aliphatic heterocycles. The number of carbonyl (C=O) groups excluding carboxylic acids is 3. The molecule has 9 nitrogen and oxygen atoms in total. The molecule has 1 aromatic heterocycles. The summed E-state index contributed by atoms with van der Waals surface area (Å²) in [6, 6.07) is 5.64. The average Bonchev–Trinajstić information content (AvgIpc) is 3.02. The summed E-state index contributed by atoms with van der Waals surface area (Å²) in [5.74, 6) is -1.38. The number of thiophene rings is 1. The summed E-state index contributed by atoms with van der Waals surface area (Å²) in [7, 11) is -2.65. The highest BCUT2D eigenvalue weighted by Gasteiger charge is 2.26. The van der Waals surface area contributed by atoms with Crippen molar-refractivity contribution in [2.45, 2.75) is 39.0 Å². The predicted molar refractivity (Wildman–Crippen MR) is 124 cm³/mol. The van der Waals surface area contributed by atoms with E-state index in [9.17, 15) is 22.8 Å². The molecule has 0 saturated heterocycles. The van der Waals surface area contributed by atoms with Crippen molar-refractivity contribution in [2.24, 2.45) is 0 Å². The van der Waals surface area contributed by atoms with Crippen molar-refractivity contribution in [3.05, 3.63) is 40.3 Å². The van der Waals surface area contributed by atoms with E-state index in [1.54, 1.807) is 6.92 Å². The summed E-state index contributed by atoms with van der Waals surface area (Å²) in [6.07, 6.45) is 0.592. The van der Waals surface area contributed by atoms with E-state index < -0.39 is 28.4 Å². The normalized spacial score (nSPS) is 11.3. The number of aryl methyl sites for hydroxylation is 1. The number of sulfonamides is 1. The maximum atomic E-state index is 12.8. The van der Waals surface area contributed by atoms with Crippen molar-refractivity contribution in [3.63, 3.8) is 0 Å². The molecule has 2 rings (SSSR count). The Labute approximate surface area is 191 Å². The molecule has 0 aliphatic carbocycles. The van der Waals surface area contributed by atoms with Crippen LogP contribution in [0.5, 0.6) is 0 Å². The number of ether oxygens (including phenoxy) is 1. The molecular formula is C21H27N3O6S2. The van der Waals surface area contributed by atoms with Crippen LogP contribution in [0.1, 0.15) is 41.6 Å². The average molecular weight is 482 g/mol. The van der Waals surface area contributed by atoms with Gasteiger partial charge in [-0.05, 0) is 50.1 Å². The summed E-state index contributed by atoms with van der Waals surface area (Å²) in [4.78, 5) is 37.0. The Morgan fingerprint density at radius 1 is 1.09 bits per heavy atom. The van der Waals surface area contributed by atoms with Gasteiger partial charge in [0.2, 0.25) is 21.8 Å². The molecule has 1 heterocycles. The summed E-state index contributed by atoms with van der Waals surface area (Å²) in [5, 5.41) is 5.56. The van der Waals surface area contributed by atoms with E-state index in [0.29, 0.717) is 22.7 Å². The van der Waals surface area contributed by atoms with Gasteiger partial charge in [0, 0.05) is 24.5 Å². The van der Waals surface area contributed by atoms with Gasteiger partial charge in [-0.3, -0.25) is 9.59 Å². The van der Waals surface area contributed by atoms with Crippen molar-refractivity contribution in [3.8, 4) is 0 Å². The van der Waals surface area contributed by atoms with Crippen molar-refractivity contribution in [1.82, 2.24) is 4.31 Å². The van der Waals surface area contributed by atoms with Gasteiger partial charge in [0.05, 0.1) is 23.6 Å². The second-order valence-electron chi connectivity index (χ2n) is 6.93. The van der Waals surface area contributed by atoms with E-state index >= 15 is 0 Å². The number of anilines is 2. The lowest BCUT2D eigenvalue weighted by Gasteiger charge is -2.17. The third-order valence-electron chi connectivity index (χ3n) is 4.54. The number of hydrogen-bond donors (Lipinski definition) is 2. The molecule has 0 saturated carbocycles. The van der Waals surface area contributed by atoms with Gasteiger partial charge in [-0.2, -0.15) is 4.31 Å². The third kappa shape index (κ3) is 5.93. The Hall–Kier alpha value is -2.76. The van der Waals surface area contributed by atoms with Gasteiger partial charge in [-0.25, -0.2) is 13.2 Å². The molecule has 2 aromatic rings. The summed E-state index contributed by atoms with van der Waals surface area (Å²) < 4.78 is 31.6. The van der Waals surface area contributed by atoms with Crippen LogP contribution in [-0.2, 0) is 30.8 Å². The first-order valence-electron chi connectivity index (χ1n) is 9.94. The first kappa shape index (κ1) is 25.5. The Morgan fingerprint density at radius 2 is 1.72 bits per heavy atom. The van der Waals surface area contributed by atoms with Gasteiger partial charge in [0.1, 0.15) is 5.00 Å². The van der Waals surface area contributed by atoms with Crippen LogP contribution < -0.4 is 10.6 Å². The lowest BCUT2D eigenvalue weighted by molar-refractivity contribution is -0.116. The number of hydrogen-bond acceptors (Lipinski definition) is 7. The number of nitrogens with zero attached hydrogens (tertiary/aromatic N) is 1. The predicted octanol–water partition coefficient (Wildman–Crippen LogP) is 3.01. The maximum absolute atomic E-state index is 12.8. The molecule has 0 bridgehead atoms. The first-order valence-corrected chi connectivity index (χ1v) is 12.2. The van der Waals surface area contributed by atoms with Gasteiger partial charge in [0.25, 0.3) is 0 Å². The molecule has 0 atom stereocenters. The van der Waals surface area contributed by atoms with Crippen LogP contribution in [0, 0.1) is 6.92 Å². The lowest BCUT2D eigenvalue weighted by atomic mass is 10.1. The summed E-state index contributed by atoms with van der Waals surface area (Å²) >= 11 is 1.25. The Morgan fingerprint density at radius 3 is 2.25 bits per heavy atom. The van der Waals surface area contributed by atoms with Gasteiger partial charge in [-0.15, -0.1) is 11.3 Å². The molecule has 2 N–H and O–H groups in total. The minimum atomic E-state index is -3.94. The number of nitrogens with one attached hydrogen (secondary N) is 2. The minimum absolute atomic E-state index is 0.0191. The van der Waals surface area contributed by atoms with E-state index in [-0.39, 0.29) is 17.4 Å². The fourth-order valence-electron chi connectivity index (χ4n) is 3.06. The molecule has 11 heteroatoms. The van der Waals surface area contributed by atoms with Crippen LogP contribution in [0.3, 0.4) is 0 Å². The van der Waals surface area contributed by atoms with E-state index in [2.05, 4.69) is 10.6 Å². The summed E-state index contributed by atoms with van der Waals surface area (Å²) in [6.45, 7) is 6.55. The van der Waals surface area contributed by atoms with E-state index in [1.807, 2.05) is 13.8 Å². The van der Waals surface area contributed by atoms with Gasteiger partial charge in [0.15, 0.2) is 0 Å². The first-order chi connectivity index (χ1) is 15.0. The van der Waals surface area contributed by atoms with Crippen LogP contribution in [0.15, 0.2) is 29.2 Å². The molecule has 0 fully saturated rings. The number of esters is 1. The third-order valence-corrected chi connectivity index (χ3v) is 7.42. The van der Waals surface area contributed by atoms with Crippen LogP contribution in [-0.4, -0.2) is 50.7 Å². The fourth-order valence-corrected chi connectivity index (χ4v) is 5.33. The monoisotopic (exact) mass is 481 g/mol. The van der Waals surface area contributed by atoms with E-state index in [0.717, 1.165) is 14.7 Å². The molecule has 1 aromatic carbocycles. The van der Waals surface area contributed by atoms with Crippen molar-refractivity contribution in [2.75, 3.05) is 30.8 Å². The Bertz CT molecular complexity index is 1110. The highest BCUT2D eigenvalue weighted by molar-refractivity contribution is 7.89. The summed E-state index contributed by atoms with van der Waals surface area (Å²) in [5.41, 5.74) is 1.57. The fraction of sp³-hybridized carbons (Fsp3) is 0.381. The molecule has 2 amide bonds. The zero-order chi connectivity index (χ0) is 24.1. The smallest absolute Gasteiger partial charge is 0.341 e. The Balaban J connectivity index is 2.17. The number of carbonyl (C=O) groups is 3. The second-order valence-corrected chi connectivity index (χ2v) is 10.2. The Kier molecular flexibility index (Phi) is 8.53. The topological polar surface area (TPSA) is 122 Å². The molecule has 0 radical (unpaired) electrons. The zero-order valence-corrected chi connectivity index (χ0v) is 20.3. The number of likely N-dealkylation sites (N-methyl/N-ethyl adjacent to an activating group) is 1. The standard InChI is InChI=1S/C21H27N3O6S2/c1-6-17-13(3)31-20(19(17)21(27)30-7-2)23-18(26)12-24(5)32(28,29)16-10-8-15(9-11-16)22-14(4)25/h8-11H,6-7,12H2,1-5H3,(H,22,25)(H,23,26). The maximum Gasteiger partial charge on any atom is 0.341 e. The van der Waals surface area contributed by atoms with Crippen LogP contribution >= 0.6 is 11.3 Å². The molecule has 0 aliphatic rings. The highest BCUT2D eigenvalue weighted by Crippen LogP contribution is 2.34. The number of amides is 2. The van der Waals surface area contributed by atoms with Crippen LogP contribution in [0.25, 0.3) is 0 Å². The number of benzene rings is 1. The highest BCUT2D eigenvalue weighted by atomic mass is 32.2. The second kappa shape index (κ2) is 10.7. The van der Waals surface area contributed by atoms with Gasteiger partial charge >= 0.3 is 5.97 Å². The van der Waals surface area contributed by atoms with Crippen LogP contribution in [0.2, 0.25) is 0 Å². The largest absolute Gasteiger partial charge is 0.462 e. The quantitative estimate of drug-likeness (QED) is 0.531. The van der Waals surface area contributed by atoms with Crippen molar-refractivity contribution >= 4 is 49.8 Å². The molecule has 174 valence electrons. The molecule has 32 heavy (non-hydrogen) atoms. The van der Waals surface area contributed by atoms with Crippen molar-refractivity contribution in [1.29, 1.82) is 0 Å². The minimum Gasteiger partial charge on any atom is -0.462 e.